The molecule has 0 aromatic rings. The molecule has 0 bridgehead atoms. The molecule has 4 fully saturated rings. The molecule has 35 heavy (non-hydrogen) atoms. The summed E-state index contributed by atoms with van der Waals surface area (Å²) >= 11 is 0. The summed E-state index contributed by atoms with van der Waals surface area (Å²) in [5.41, 5.74) is -1.16. The van der Waals surface area contributed by atoms with E-state index < -0.39 is 34.4 Å². The van der Waals surface area contributed by atoms with Crippen LogP contribution < -0.4 is 0 Å². The van der Waals surface area contributed by atoms with E-state index in [4.69, 9.17) is 0 Å². The van der Waals surface area contributed by atoms with Crippen molar-refractivity contribution < 1.29 is 24.9 Å². The van der Waals surface area contributed by atoms with E-state index in [0.29, 0.717) is 12.8 Å². The summed E-state index contributed by atoms with van der Waals surface area (Å²) in [4.78, 5) is 25.7. The Kier molecular flexibility index (Phi) is 5.25. The van der Waals surface area contributed by atoms with Crippen molar-refractivity contribution in [2.75, 3.05) is 0 Å². The number of aliphatic carboxylic acids is 1. The van der Waals surface area contributed by atoms with Crippen LogP contribution in [0.4, 0.5) is 0 Å². The van der Waals surface area contributed by atoms with E-state index in [-0.39, 0.29) is 46.2 Å². The number of rotatable bonds is 1. The number of ketones is 1. The van der Waals surface area contributed by atoms with Crippen LogP contribution in [0.5, 0.6) is 0 Å². The number of Topliss-reactive ketones (excluding diaryl/α,β-unsaturated/α-hetero) is 1. The first-order chi connectivity index (χ1) is 16.0. The molecule has 196 valence electrons. The van der Waals surface area contributed by atoms with Crippen LogP contribution in [-0.2, 0) is 9.59 Å². The minimum absolute atomic E-state index is 0.00726. The number of carbonyl (C=O) groups excluding carboxylic acids is 1. The molecule has 3 N–H and O–H groups in total. The Morgan fingerprint density at radius 1 is 0.943 bits per heavy atom. The van der Waals surface area contributed by atoms with Crippen LogP contribution in [0.1, 0.15) is 99.8 Å². The van der Waals surface area contributed by atoms with E-state index in [2.05, 4.69) is 34.6 Å². The monoisotopic (exact) mass is 486 g/mol. The van der Waals surface area contributed by atoms with Gasteiger partial charge in [-0.15, -0.1) is 0 Å². The third-order valence-electron chi connectivity index (χ3n) is 12.9. The standard InChI is InChI=1S/C30H46O5/c1-25(2)10-12-30(24(34)35)13-11-27(5)17(18(30)16-25)14-19(31)23-28(27,6)9-8-20-26(3,4)21(32)15-22(33)29(20,23)7/h14,18-20,22-23,31,33H,8-13,15-16H2,1-7H3,(H,34,35)/t18-,19-,20?,22-,23+,27-,28-,29-,30+/m1/s1. The van der Waals surface area contributed by atoms with Gasteiger partial charge in [-0.3, -0.25) is 9.59 Å². The Labute approximate surface area is 210 Å². The average Bonchev–Trinajstić information content (AvgIpc) is 2.73. The molecule has 0 spiro atoms. The number of hydrogen-bond acceptors (Lipinski definition) is 4. The van der Waals surface area contributed by atoms with Gasteiger partial charge in [-0.1, -0.05) is 60.1 Å². The van der Waals surface area contributed by atoms with Gasteiger partial charge in [-0.05, 0) is 73.0 Å². The van der Waals surface area contributed by atoms with Gasteiger partial charge in [0.2, 0.25) is 0 Å². The predicted octanol–water partition coefficient (Wildman–Crippen LogP) is 5.38. The molecule has 0 radical (unpaired) electrons. The Balaban J connectivity index is 1.67. The highest BCUT2D eigenvalue weighted by atomic mass is 16.4. The summed E-state index contributed by atoms with van der Waals surface area (Å²) in [6.45, 7) is 15.3. The molecule has 5 aliphatic carbocycles. The molecule has 0 aromatic carbocycles. The van der Waals surface area contributed by atoms with Gasteiger partial charge in [0.1, 0.15) is 5.78 Å². The van der Waals surface area contributed by atoms with Gasteiger partial charge in [-0.25, -0.2) is 0 Å². The number of aliphatic hydroxyl groups excluding tert-OH is 2. The number of aliphatic hydroxyl groups is 2. The van der Waals surface area contributed by atoms with Crippen molar-refractivity contribution in [1.29, 1.82) is 0 Å². The molecule has 5 rings (SSSR count). The maximum Gasteiger partial charge on any atom is 0.310 e. The van der Waals surface area contributed by atoms with Gasteiger partial charge < -0.3 is 15.3 Å². The summed E-state index contributed by atoms with van der Waals surface area (Å²) in [5, 5.41) is 33.8. The second-order valence-corrected chi connectivity index (χ2v) is 15.0. The van der Waals surface area contributed by atoms with Crippen LogP contribution in [-0.4, -0.2) is 39.3 Å². The second-order valence-electron chi connectivity index (χ2n) is 15.0. The smallest absolute Gasteiger partial charge is 0.310 e. The van der Waals surface area contributed by atoms with Crippen molar-refractivity contribution >= 4 is 11.8 Å². The molecule has 0 heterocycles. The third-order valence-corrected chi connectivity index (χ3v) is 12.9. The number of allylic oxidation sites excluding steroid dienone is 1. The number of hydrogen-bond donors (Lipinski definition) is 3. The summed E-state index contributed by atoms with van der Waals surface area (Å²) in [7, 11) is 0. The first-order valence-electron chi connectivity index (χ1n) is 13.8. The lowest BCUT2D eigenvalue weighted by molar-refractivity contribution is -0.236. The quantitative estimate of drug-likeness (QED) is 0.432. The van der Waals surface area contributed by atoms with Gasteiger partial charge in [0.25, 0.3) is 0 Å². The Morgan fingerprint density at radius 2 is 1.57 bits per heavy atom. The third kappa shape index (κ3) is 2.94. The molecule has 0 saturated heterocycles. The second kappa shape index (κ2) is 7.22. The molecule has 9 atom stereocenters. The highest BCUT2D eigenvalue weighted by molar-refractivity contribution is 5.86. The van der Waals surface area contributed by atoms with E-state index in [0.717, 1.165) is 37.7 Å². The van der Waals surface area contributed by atoms with Crippen molar-refractivity contribution in [2.24, 2.45) is 50.2 Å². The summed E-state index contributed by atoms with van der Waals surface area (Å²) < 4.78 is 0. The van der Waals surface area contributed by atoms with E-state index in [9.17, 15) is 24.9 Å². The fraction of sp³-hybridized carbons (Fsp3) is 0.867. The molecular weight excluding hydrogens is 440 g/mol. The van der Waals surface area contributed by atoms with Crippen molar-refractivity contribution in [1.82, 2.24) is 0 Å². The predicted molar refractivity (Wildman–Crippen MR) is 134 cm³/mol. The van der Waals surface area contributed by atoms with Gasteiger partial charge in [-0.2, -0.15) is 0 Å². The molecule has 0 aromatic heterocycles. The van der Waals surface area contributed by atoms with Crippen LogP contribution in [0.25, 0.3) is 0 Å². The fourth-order valence-electron chi connectivity index (χ4n) is 10.5. The molecule has 4 saturated carbocycles. The zero-order valence-electron chi connectivity index (χ0n) is 22.8. The molecule has 0 amide bonds. The van der Waals surface area contributed by atoms with E-state index >= 15 is 0 Å². The van der Waals surface area contributed by atoms with E-state index in [1.165, 1.54) is 0 Å². The molecule has 5 nitrogen and oxygen atoms in total. The van der Waals surface area contributed by atoms with Crippen LogP contribution in [0, 0.1) is 50.2 Å². The molecular formula is C30H46O5. The zero-order valence-corrected chi connectivity index (χ0v) is 22.8. The summed E-state index contributed by atoms with van der Waals surface area (Å²) in [6, 6.07) is 0. The first kappa shape index (κ1) is 25.4. The van der Waals surface area contributed by atoms with E-state index in [1.54, 1.807) is 0 Å². The minimum Gasteiger partial charge on any atom is -0.481 e. The summed E-state index contributed by atoms with van der Waals surface area (Å²) in [5.74, 6) is -0.806. The Morgan fingerprint density at radius 3 is 2.20 bits per heavy atom. The normalized spacial score (nSPS) is 52.3. The van der Waals surface area contributed by atoms with Gasteiger partial charge in [0.05, 0.1) is 17.6 Å². The SMILES string of the molecule is CC1(C)CC[C@]2(C(=O)O)CC[C@]3(C)C(=C[C@@H](O)[C@@H]4[C@]5(C)C(CC[C@]43C)C(C)(C)C(=O)C[C@H]5O)[C@H]2C1. The molecule has 0 aliphatic heterocycles. The van der Waals surface area contributed by atoms with Crippen molar-refractivity contribution in [2.45, 2.75) is 112 Å². The number of carboxylic acids is 1. The van der Waals surface area contributed by atoms with Crippen LogP contribution in [0.15, 0.2) is 11.6 Å². The average molecular weight is 487 g/mol. The zero-order chi connectivity index (χ0) is 26.0. The van der Waals surface area contributed by atoms with Crippen LogP contribution in [0.2, 0.25) is 0 Å². The first-order valence-corrected chi connectivity index (χ1v) is 13.8. The fourth-order valence-corrected chi connectivity index (χ4v) is 10.5. The van der Waals surface area contributed by atoms with Crippen LogP contribution >= 0.6 is 0 Å². The minimum atomic E-state index is -0.777. The van der Waals surface area contributed by atoms with E-state index in [1.807, 2.05) is 19.9 Å². The van der Waals surface area contributed by atoms with Crippen LogP contribution in [0.3, 0.4) is 0 Å². The highest BCUT2D eigenvalue weighted by Crippen LogP contribution is 2.75. The van der Waals surface area contributed by atoms with Gasteiger partial charge >= 0.3 is 5.97 Å². The van der Waals surface area contributed by atoms with Crippen molar-refractivity contribution in [3.63, 3.8) is 0 Å². The summed E-state index contributed by atoms with van der Waals surface area (Å²) in [6.07, 6.45) is 6.25. The molecule has 5 heteroatoms. The topological polar surface area (TPSA) is 94.8 Å². The number of fused-ring (bicyclic) bond motifs is 7. The molecule has 1 unspecified atom stereocenters. The van der Waals surface area contributed by atoms with Crippen molar-refractivity contribution in [3.05, 3.63) is 11.6 Å². The maximum absolute atomic E-state index is 13.0. The number of carbonyl (C=O) groups is 2. The lowest BCUT2D eigenvalue weighted by atomic mass is 9.33. The number of carboxylic acid groups (broad SMARTS) is 1. The maximum atomic E-state index is 13.0. The largest absolute Gasteiger partial charge is 0.481 e. The van der Waals surface area contributed by atoms with Gasteiger partial charge in [0, 0.05) is 23.2 Å². The lowest BCUT2D eigenvalue weighted by Gasteiger charge is -2.71. The Bertz CT molecular complexity index is 995. The van der Waals surface area contributed by atoms with Gasteiger partial charge in [0.15, 0.2) is 0 Å². The Hall–Kier alpha value is -1.20. The van der Waals surface area contributed by atoms with Crippen molar-refractivity contribution in [3.8, 4) is 0 Å². The highest BCUT2D eigenvalue weighted by Gasteiger charge is 2.72. The lowest BCUT2D eigenvalue weighted by Crippen LogP contribution is -2.70. The molecule has 5 aliphatic rings.